The van der Waals surface area contributed by atoms with Crippen molar-refractivity contribution < 1.29 is 22.7 Å². The largest absolute Gasteiger partial charge is 0.486 e. The Morgan fingerprint density at radius 2 is 1.63 bits per heavy atom. The van der Waals surface area contributed by atoms with Gasteiger partial charge in [-0.3, -0.25) is 4.79 Å². The van der Waals surface area contributed by atoms with E-state index >= 15 is 0 Å². The summed E-state index contributed by atoms with van der Waals surface area (Å²) in [4.78, 5) is 15.6. The van der Waals surface area contributed by atoms with Gasteiger partial charge in [0.2, 0.25) is 15.9 Å². The average molecular weight is 449 g/mol. The number of sulfonamides is 1. The molecular formula is C21H24N2O5S2. The molecule has 1 fully saturated rings. The highest BCUT2D eigenvalue weighted by Crippen LogP contribution is 2.34. The van der Waals surface area contributed by atoms with E-state index in [0.717, 1.165) is 16.2 Å². The van der Waals surface area contributed by atoms with Crippen LogP contribution in [0.25, 0.3) is 0 Å². The van der Waals surface area contributed by atoms with E-state index in [0.29, 0.717) is 55.8 Å². The van der Waals surface area contributed by atoms with Crippen LogP contribution in [-0.4, -0.2) is 68.7 Å². The van der Waals surface area contributed by atoms with E-state index in [1.165, 1.54) is 16.1 Å². The summed E-state index contributed by atoms with van der Waals surface area (Å²) in [5, 5.41) is 0. The van der Waals surface area contributed by atoms with Crippen molar-refractivity contribution in [2.75, 3.05) is 45.1 Å². The second-order valence-electron chi connectivity index (χ2n) is 7.19. The van der Waals surface area contributed by atoms with Gasteiger partial charge >= 0.3 is 0 Å². The highest BCUT2D eigenvalue weighted by molar-refractivity contribution is 8.00. The molecule has 2 aliphatic heterocycles. The van der Waals surface area contributed by atoms with E-state index in [1.54, 1.807) is 29.2 Å². The van der Waals surface area contributed by atoms with Crippen LogP contribution in [0.5, 0.6) is 11.5 Å². The summed E-state index contributed by atoms with van der Waals surface area (Å²) in [6, 6.07) is 12.5. The molecule has 4 rings (SSSR count). The van der Waals surface area contributed by atoms with Crippen molar-refractivity contribution >= 4 is 27.7 Å². The molecule has 0 bridgehead atoms. The molecule has 2 aromatic rings. The molecule has 30 heavy (non-hydrogen) atoms. The molecule has 0 unspecified atom stereocenters. The van der Waals surface area contributed by atoms with E-state index in [2.05, 4.69) is 0 Å². The van der Waals surface area contributed by atoms with Crippen LogP contribution in [-0.2, 0) is 14.8 Å². The first-order valence-electron chi connectivity index (χ1n) is 9.80. The number of nitrogens with zero attached hydrogens (tertiary/aromatic N) is 2. The molecule has 0 radical (unpaired) electrons. The highest BCUT2D eigenvalue weighted by atomic mass is 32.2. The highest BCUT2D eigenvalue weighted by Gasteiger charge is 2.30. The molecule has 0 spiro atoms. The maximum atomic E-state index is 12.8. The first kappa shape index (κ1) is 21.0. The maximum absolute atomic E-state index is 12.8. The zero-order valence-corrected chi connectivity index (χ0v) is 18.4. The predicted octanol–water partition coefficient (Wildman–Crippen LogP) is 2.39. The molecule has 2 aliphatic rings. The molecule has 160 valence electrons. The van der Waals surface area contributed by atoms with Crippen LogP contribution in [0.4, 0.5) is 0 Å². The number of thioether (sulfide) groups is 1. The molecule has 0 saturated carbocycles. The predicted molar refractivity (Wildman–Crippen MR) is 115 cm³/mol. The van der Waals surface area contributed by atoms with Crippen molar-refractivity contribution in [1.82, 2.24) is 9.21 Å². The van der Waals surface area contributed by atoms with Gasteiger partial charge in [0.25, 0.3) is 0 Å². The second kappa shape index (κ2) is 8.87. The van der Waals surface area contributed by atoms with Gasteiger partial charge in [-0.25, -0.2) is 8.42 Å². The minimum atomic E-state index is -3.53. The summed E-state index contributed by atoms with van der Waals surface area (Å²) in [7, 11) is -3.53. The fourth-order valence-corrected chi connectivity index (χ4v) is 5.64. The lowest BCUT2D eigenvalue weighted by Crippen LogP contribution is -2.50. The Labute approximate surface area is 181 Å². The summed E-state index contributed by atoms with van der Waals surface area (Å²) < 4.78 is 38.1. The van der Waals surface area contributed by atoms with Crippen molar-refractivity contribution in [2.24, 2.45) is 0 Å². The lowest BCUT2D eigenvalue weighted by Gasteiger charge is -2.34. The third-order valence-corrected chi connectivity index (χ3v) is 8.02. The van der Waals surface area contributed by atoms with Gasteiger partial charge in [-0.1, -0.05) is 17.7 Å². The minimum absolute atomic E-state index is 0.00210. The average Bonchev–Trinajstić information content (AvgIpc) is 2.77. The number of fused-ring (bicyclic) bond motifs is 1. The molecule has 7 nitrogen and oxygen atoms in total. The number of hydrogen-bond donors (Lipinski definition) is 0. The first-order chi connectivity index (χ1) is 14.4. The Balaban J connectivity index is 1.30. The van der Waals surface area contributed by atoms with Crippen molar-refractivity contribution in [3.8, 4) is 11.5 Å². The third-order valence-electron chi connectivity index (χ3n) is 5.13. The number of benzene rings is 2. The fourth-order valence-electron chi connectivity index (χ4n) is 3.39. The van der Waals surface area contributed by atoms with Crippen LogP contribution in [0.2, 0.25) is 0 Å². The van der Waals surface area contributed by atoms with E-state index < -0.39 is 10.0 Å². The Kier molecular flexibility index (Phi) is 6.21. The number of piperazine rings is 1. The summed E-state index contributed by atoms with van der Waals surface area (Å²) in [5.41, 5.74) is 1.01. The van der Waals surface area contributed by atoms with Gasteiger partial charge in [-0.15, -0.1) is 11.8 Å². The smallest absolute Gasteiger partial charge is 0.243 e. The molecule has 9 heteroatoms. The van der Waals surface area contributed by atoms with Gasteiger partial charge in [-0.2, -0.15) is 4.31 Å². The van der Waals surface area contributed by atoms with Crippen molar-refractivity contribution in [1.29, 1.82) is 0 Å². The molecule has 1 amide bonds. The summed E-state index contributed by atoms with van der Waals surface area (Å²) in [6.07, 6.45) is 0. The monoisotopic (exact) mass is 448 g/mol. The summed E-state index contributed by atoms with van der Waals surface area (Å²) >= 11 is 1.44. The number of carbonyl (C=O) groups is 1. The van der Waals surface area contributed by atoms with Gasteiger partial charge in [0.05, 0.1) is 10.6 Å². The molecule has 1 saturated heterocycles. The number of aryl methyl sites for hydroxylation is 1. The fraction of sp³-hybridized carbons (Fsp3) is 0.381. The standard InChI is InChI=1S/C21H24N2O5S2/c1-16-2-5-18(6-3-16)30(25,26)23-10-8-22(9-11-23)21(24)15-29-17-4-7-19-20(14-17)28-13-12-27-19/h2-7,14H,8-13,15H2,1H3. The van der Waals surface area contributed by atoms with Gasteiger partial charge in [0, 0.05) is 31.1 Å². The van der Waals surface area contributed by atoms with Crippen molar-refractivity contribution in [3.05, 3.63) is 48.0 Å². The Bertz CT molecular complexity index is 1020. The number of amides is 1. The molecule has 0 atom stereocenters. The number of ether oxygens (including phenoxy) is 2. The van der Waals surface area contributed by atoms with E-state index in [9.17, 15) is 13.2 Å². The van der Waals surface area contributed by atoms with Crippen LogP contribution in [0.1, 0.15) is 5.56 Å². The van der Waals surface area contributed by atoms with Gasteiger partial charge in [0.1, 0.15) is 13.2 Å². The van der Waals surface area contributed by atoms with Crippen LogP contribution in [0, 0.1) is 6.92 Å². The Morgan fingerprint density at radius 1 is 0.967 bits per heavy atom. The summed E-state index contributed by atoms with van der Waals surface area (Å²) in [5.74, 6) is 1.73. The van der Waals surface area contributed by atoms with Gasteiger partial charge in [-0.05, 0) is 37.3 Å². The molecule has 0 aromatic heterocycles. The molecule has 0 aliphatic carbocycles. The Morgan fingerprint density at radius 3 is 2.33 bits per heavy atom. The number of rotatable bonds is 5. The SMILES string of the molecule is Cc1ccc(S(=O)(=O)N2CCN(C(=O)CSc3ccc4c(c3)OCCO4)CC2)cc1. The number of hydrogen-bond acceptors (Lipinski definition) is 6. The zero-order valence-electron chi connectivity index (χ0n) is 16.7. The van der Waals surface area contributed by atoms with E-state index in [-0.39, 0.29) is 5.91 Å². The van der Waals surface area contributed by atoms with Gasteiger partial charge in [0.15, 0.2) is 11.5 Å². The van der Waals surface area contributed by atoms with E-state index in [1.807, 2.05) is 25.1 Å². The maximum Gasteiger partial charge on any atom is 0.243 e. The van der Waals surface area contributed by atoms with Crippen molar-refractivity contribution in [3.63, 3.8) is 0 Å². The second-order valence-corrected chi connectivity index (χ2v) is 10.2. The summed E-state index contributed by atoms with van der Waals surface area (Å²) in [6.45, 7) is 4.38. The lowest BCUT2D eigenvalue weighted by atomic mass is 10.2. The zero-order chi connectivity index (χ0) is 21.1. The van der Waals surface area contributed by atoms with Crippen molar-refractivity contribution in [2.45, 2.75) is 16.7 Å². The Hall–Kier alpha value is -2.23. The first-order valence-corrected chi connectivity index (χ1v) is 12.2. The minimum Gasteiger partial charge on any atom is -0.486 e. The van der Waals surface area contributed by atoms with Crippen LogP contribution < -0.4 is 9.47 Å². The molecule has 2 aromatic carbocycles. The van der Waals surface area contributed by atoms with Crippen LogP contribution in [0.15, 0.2) is 52.3 Å². The topological polar surface area (TPSA) is 76.2 Å². The quantitative estimate of drug-likeness (QED) is 0.654. The van der Waals surface area contributed by atoms with Gasteiger partial charge < -0.3 is 14.4 Å². The third kappa shape index (κ3) is 4.58. The molecular weight excluding hydrogens is 424 g/mol. The molecule has 0 N–H and O–H groups in total. The molecule has 2 heterocycles. The lowest BCUT2D eigenvalue weighted by molar-refractivity contribution is -0.129. The van der Waals surface area contributed by atoms with Crippen LogP contribution in [0.3, 0.4) is 0 Å². The van der Waals surface area contributed by atoms with E-state index in [4.69, 9.17) is 9.47 Å². The normalized spacial score (nSPS) is 17.0. The van der Waals surface area contributed by atoms with Crippen LogP contribution >= 0.6 is 11.8 Å². The number of carbonyl (C=O) groups excluding carboxylic acids is 1.